The van der Waals surface area contributed by atoms with Gasteiger partial charge >= 0.3 is 0 Å². The molecule has 4 rings (SSSR count). The van der Waals surface area contributed by atoms with Gasteiger partial charge in [-0.1, -0.05) is 12.1 Å². The molecule has 24 heavy (non-hydrogen) atoms. The zero-order valence-electron chi connectivity index (χ0n) is 12.9. The lowest BCUT2D eigenvalue weighted by Gasteiger charge is -2.16. The van der Waals surface area contributed by atoms with Gasteiger partial charge in [-0.15, -0.1) is 0 Å². The fourth-order valence-electron chi connectivity index (χ4n) is 2.87. The number of carbonyl (C=O) groups excluding carboxylic acids is 1. The van der Waals surface area contributed by atoms with E-state index in [2.05, 4.69) is 25.5 Å². The van der Waals surface area contributed by atoms with Gasteiger partial charge in [0, 0.05) is 25.2 Å². The number of aromatic nitrogens is 4. The summed E-state index contributed by atoms with van der Waals surface area (Å²) in [5.41, 5.74) is 2.10. The van der Waals surface area contributed by atoms with Crippen LogP contribution in [-0.4, -0.2) is 32.6 Å². The lowest BCUT2D eigenvalue weighted by molar-refractivity contribution is -0.117. The molecule has 3 aromatic rings. The summed E-state index contributed by atoms with van der Waals surface area (Å²) < 4.78 is 0. The summed E-state index contributed by atoms with van der Waals surface area (Å²) in [5, 5.41) is 10.0. The lowest BCUT2D eigenvalue weighted by Crippen LogP contribution is -2.23. The third kappa shape index (κ3) is 2.62. The van der Waals surface area contributed by atoms with Crippen LogP contribution in [0.3, 0.4) is 0 Å². The first-order chi connectivity index (χ1) is 11.7. The molecule has 8 nitrogen and oxygen atoms in total. The summed E-state index contributed by atoms with van der Waals surface area (Å²) in [6.45, 7) is 1.25. The highest BCUT2D eigenvalue weighted by atomic mass is 16.2. The Labute approximate surface area is 136 Å². The van der Waals surface area contributed by atoms with Crippen molar-refractivity contribution in [2.75, 3.05) is 16.8 Å². The molecule has 0 radical (unpaired) electrons. The van der Waals surface area contributed by atoms with Crippen LogP contribution in [0.15, 0.2) is 35.3 Å². The monoisotopic (exact) mass is 324 g/mol. The zero-order valence-corrected chi connectivity index (χ0v) is 12.9. The molecule has 3 N–H and O–H groups in total. The number of anilines is 2. The van der Waals surface area contributed by atoms with Crippen molar-refractivity contribution in [3.8, 4) is 0 Å². The standard InChI is InChI=1S/C16H16N6O2/c23-13-5-2-6-22(13)11-4-1-3-10(7-11)8-17-16-19-14-12(9-18-21-14)15(24)20-16/h1,3-4,7,9H,2,5-6,8H2,(H3,17,18,19,20,21,24). The van der Waals surface area contributed by atoms with Crippen LogP contribution < -0.4 is 15.8 Å². The normalized spacial score (nSPS) is 14.5. The van der Waals surface area contributed by atoms with Gasteiger partial charge in [0.05, 0.1) is 6.20 Å². The Morgan fingerprint density at radius 2 is 2.21 bits per heavy atom. The second kappa shape index (κ2) is 5.80. The molecule has 0 saturated carbocycles. The number of amides is 1. The number of hydrogen-bond acceptors (Lipinski definition) is 5. The molecular weight excluding hydrogens is 308 g/mol. The van der Waals surface area contributed by atoms with Crippen molar-refractivity contribution in [2.45, 2.75) is 19.4 Å². The molecule has 0 aliphatic carbocycles. The summed E-state index contributed by atoms with van der Waals surface area (Å²) >= 11 is 0. The number of fused-ring (bicyclic) bond motifs is 1. The molecule has 1 aliphatic heterocycles. The SMILES string of the molecule is O=C1CCCN1c1cccc(CNc2nc3[nH]ncc3c(=O)[nH]2)c1. The molecular formula is C16H16N6O2. The van der Waals surface area contributed by atoms with E-state index in [0.717, 1.165) is 24.2 Å². The van der Waals surface area contributed by atoms with Crippen LogP contribution in [0.2, 0.25) is 0 Å². The fourth-order valence-corrected chi connectivity index (χ4v) is 2.87. The average Bonchev–Trinajstić information content (AvgIpc) is 3.22. The van der Waals surface area contributed by atoms with Crippen LogP contribution in [-0.2, 0) is 11.3 Å². The number of nitrogens with zero attached hydrogens (tertiary/aromatic N) is 3. The minimum atomic E-state index is -0.243. The van der Waals surface area contributed by atoms with Crippen LogP contribution in [0, 0.1) is 0 Å². The highest BCUT2D eigenvalue weighted by molar-refractivity contribution is 5.95. The number of H-pyrrole nitrogens is 2. The van der Waals surface area contributed by atoms with E-state index in [9.17, 15) is 9.59 Å². The number of nitrogens with one attached hydrogen (secondary N) is 3. The van der Waals surface area contributed by atoms with E-state index in [1.165, 1.54) is 6.20 Å². The van der Waals surface area contributed by atoms with Crippen LogP contribution in [0.1, 0.15) is 18.4 Å². The third-order valence-electron chi connectivity index (χ3n) is 4.07. The predicted octanol–water partition coefficient (Wildman–Crippen LogP) is 1.39. The van der Waals surface area contributed by atoms with Gasteiger partial charge in [-0.2, -0.15) is 10.1 Å². The fraction of sp³-hybridized carbons (Fsp3) is 0.250. The minimum Gasteiger partial charge on any atom is -0.352 e. The lowest BCUT2D eigenvalue weighted by atomic mass is 10.2. The Morgan fingerprint density at radius 1 is 1.29 bits per heavy atom. The smallest absolute Gasteiger partial charge is 0.263 e. The maximum Gasteiger partial charge on any atom is 0.263 e. The van der Waals surface area contributed by atoms with Gasteiger partial charge in [-0.25, -0.2) is 0 Å². The molecule has 8 heteroatoms. The molecule has 122 valence electrons. The summed E-state index contributed by atoms with van der Waals surface area (Å²) in [6.07, 6.45) is 2.95. The van der Waals surface area contributed by atoms with Gasteiger partial charge in [0.15, 0.2) is 5.65 Å². The number of rotatable bonds is 4. The molecule has 0 atom stereocenters. The topological polar surface area (TPSA) is 107 Å². The Balaban J connectivity index is 1.52. The summed E-state index contributed by atoms with van der Waals surface area (Å²) in [5.74, 6) is 0.537. The predicted molar refractivity (Wildman–Crippen MR) is 89.9 cm³/mol. The molecule has 0 unspecified atom stereocenters. The number of carbonyl (C=O) groups is 1. The number of hydrogen-bond donors (Lipinski definition) is 3. The Morgan fingerprint density at radius 3 is 3.04 bits per heavy atom. The van der Waals surface area contributed by atoms with Crippen molar-refractivity contribution in [1.82, 2.24) is 20.2 Å². The summed E-state index contributed by atoms with van der Waals surface area (Å²) in [6, 6.07) is 7.79. The molecule has 0 bridgehead atoms. The molecule has 3 heterocycles. The van der Waals surface area contributed by atoms with Gasteiger partial charge in [-0.05, 0) is 24.1 Å². The molecule has 2 aromatic heterocycles. The van der Waals surface area contributed by atoms with Gasteiger partial charge in [0.2, 0.25) is 11.9 Å². The number of aromatic amines is 2. The van der Waals surface area contributed by atoms with Gasteiger partial charge in [0.25, 0.3) is 5.56 Å². The van der Waals surface area contributed by atoms with E-state index in [1.54, 1.807) is 4.90 Å². The Kier molecular flexibility index (Phi) is 3.49. The first-order valence-electron chi connectivity index (χ1n) is 7.77. The maximum absolute atomic E-state index is 11.9. The molecule has 1 aliphatic rings. The second-order valence-electron chi connectivity index (χ2n) is 5.72. The van der Waals surface area contributed by atoms with E-state index in [1.807, 2.05) is 24.3 Å². The van der Waals surface area contributed by atoms with Crippen LogP contribution in [0.5, 0.6) is 0 Å². The minimum absolute atomic E-state index is 0.163. The van der Waals surface area contributed by atoms with Crippen LogP contribution in [0.25, 0.3) is 11.0 Å². The quantitative estimate of drug-likeness (QED) is 0.672. The van der Waals surface area contributed by atoms with E-state index in [4.69, 9.17) is 0 Å². The van der Waals surface area contributed by atoms with Crippen LogP contribution in [0.4, 0.5) is 11.6 Å². The van der Waals surface area contributed by atoms with Crippen molar-refractivity contribution < 1.29 is 4.79 Å². The van der Waals surface area contributed by atoms with E-state index >= 15 is 0 Å². The van der Waals surface area contributed by atoms with Crippen molar-refractivity contribution in [1.29, 1.82) is 0 Å². The highest BCUT2D eigenvalue weighted by Crippen LogP contribution is 2.22. The first kappa shape index (κ1) is 14.4. The summed E-state index contributed by atoms with van der Waals surface area (Å²) in [7, 11) is 0. The van der Waals surface area contributed by atoms with E-state index in [0.29, 0.717) is 29.9 Å². The van der Waals surface area contributed by atoms with Crippen molar-refractivity contribution in [3.63, 3.8) is 0 Å². The average molecular weight is 324 g/mol. The third-order valence-corrected chi connectivity index (χ3v) is 4.07. The maximum atomic E-state index is 11.9. The van der Waals surface area contributed by atoms with Gasteiger partial charge in [-0.3, -0.25) is 19.7 Å². The second-order valence-corrected chi connectivity index (χ2v) is 5.72. The molecule has 1 amide bonds. The van der Waals surface area contributed by atoms with Crippen molar-refractivity contribution in [3.05, 3.63) is 46.4 Å². The summed E-state index contributed by atoms with van der Waals surface area (Å²) in [4.78, 5) is 32.5. The number of benzene rings is 1. The zero-order chi connectivity index (χ0) is 16.5. The molecule has 1 saturated heterocycles. The van der Waals surface area contributed by atoms with Crippen molar-refractivity contribution >= 4 is 28.6 Å². The largest absolute Gasteiger partial charge is 0.352 e. The Bertz CT molecular complexity index is 960. The van der Waals surface area contributed by atoms with Crippen molar-refractivity contribution in [2.24, 2.45) is 0 Å². The van der Waals surface area contributed by atoms with E-state index in [-0.39, 0.29) is 11.5 Å². The molecule has 0 spiro atoms. The first-order valence-corrected chi connectivity index (χ1v) is 7.77. The van der Waals surface area contributed by atoms with Gasteiger partial charge < -0.3 is 10.2 Å². The Hall–Kier alpha value is -3.16. The van der Waals surface area contributed by atoms with Gasteiger partial charge in [0.1, 0.15) is 5.39 Å². The highest BCUT2D eigenvalue weighted by Gasteiger charge is 2.21. The molecule has 1 fully saturated rings. The van der Waals surface area contributed by atoms with E-state index < -0.39 is 0 Å². The van der Waals surface area contributed by atoms with Crippen LogP contribution >= 0.6 is 0 Å². The molecule has 1 aromatic carbocycles.